The largest absolute Gasteiger partial charge is 0.393 e. The van der Waals surface area contributed by atoms with E-state index in [0.717, 1.165) is 24.1 Å². The number of carbonyl (C=O) groups is 1. The molecule has 5 heteroatoms. The van der Waals surface area contributed by atoms with Crippen LogP contribution in [0, 0.1) is 5.92 Å². The zero-order chi connectivity index (χ0) is 17.1. The molecule has 128 valence electrons. The predicted molar refractivity (Wildman–Crippen MR) is 96.3 cm³/mol. The summed E-state index contributed by atoms with van der Waals surface area (Å²) in [7, 11) is 0. The molecule has 0 bridgehead atoms. The molecule has 4 nitrogen and oxygen atoms in total. The van der Waals surface area contributed by atoms with E-state index in [4.69, 9.17) is 0 Å². The van der Waals surface area contributed by atoms with Crippen molar-refractivity contribution in [3.8, 4) is 0 Å². The molecule has 3 rings (SSSR count). The number of nitrogens with one attached hydrogen (secondary N) is 1. The van der Waals surface area contributed by atoms with Crippen LogP contribution in [0.15, 0.2) is 35.8 Å². The molecule has 1 saturated carbocycles. The number of hydrogen-bond donors (Lipinski definition) is 2. The zero-order valence-electron chi connectivity index (χ0n) is 14.1. The first-order chi connectivity index (χ1) is 11.5. The quantitative estimate of drug-likeness (QED) is 0.844. The fourth-order valence-electron chi connectivity index (χ4n) is 3.06. The number of amides is 1. The average Bonchev–Trinajstić information content (AvgIpc) is 3.02. The second-order valence-corrected chi connectivity index (χ2v) is 7.83. The minimum atomic E-state index is -0.230. The molecule has 24 heavy (non-hydrogen) atoms. The molecule has 1 atom stereocenters. The van der Waals surface area contributed by atoms with Crippen LogP contribution in [0.1, 0.15) is 53.5 Å². The number of thiophene rings is 1. The molecule has 0 radical (unpaired) electrons. The Bertz CT molecular complexity index is 678. The first kappa shape index (κ1) is 17.1. The topological polar surface area (TPSA) is 62.2 Å². The van der Waals surface area contributed by atoms with Crippen molar-refractivity contribution >= 4 is 17.2 Å². The molecule has 2 heterocycles. The third-order valence-electron chi connectivity index (χ3n) is 4.64. The molecule has 1 aliphatic rings. The van der Waals surface area contributed by atoms with E-state index in [0.29, 0.717) is 18.3 Å². The second kappa shape index (κ2) is 7.45. The lowest BCUT2D eigenvalue weighted by Gasteiger charge is -2.38. The van der Waals surface area contributed by atoms with Crippen LogP contribution in [0.5, 0.6) is 0 Å². The first-order valence-corrected chi connectivity index (χ1v) is 9.38. The molecule has 2 N–H and O–H groups in total. The summed E-state index contributed by atoms with van der Waals surface area (Å²) < 4.78 is 0. The summed E-state index contributed by atoms with van der Waals surface area (Å²) in [5.74, 6) is 0.720. The molecular weight excluding hydrogens is 320 g/mol. The average molecular weight is 344 g/mol. The van der Waals surface area contributed by atoms with Crippen LogP contribution in [0.3, 0.4) is 0 Å². The summed E-state index contributed by atoms with van der Waals surface area (Å²) in [5, 5.41) is 14.7. The van der Waals surface area contributed by atoms with Gasteiger partial charge in [0.2, 0.25) is 0 Å². The fourth-order valence-corrected chi connectivity index (χ4v) is 3.97. The van der Waals surface area contributed by atoms with Gasteiger partial charge in [-0.3, -0.25) is 9.78 Å². The van der Waals surface area contributed by atoms with Crippen molar-refractivity contribution in [2.45, 2.75) is 51.2 Å². The summed E-state index contributed by atoms with van der Waals surface area (Å²) in [6, 6.07) is 7.83. The Labute approximate surface area is 146 Å². The number of pyridine rings is 1. The SMILES string of the molecule is CC(C)c1cc(C(=O)NC(Cc2ccccn2)C2CC(O)C2)cs1. The van der Waals surface area contributed by atoms with Gasteiger partial charge in [0.1, 0.15) is 0 Å². The van der Waals surface area contributed by atoms with Gasteiger partial charge in [-0.25, -0.2) is 0 Å². The van der Waals surface area contributed by atoms with Gasteiger partial charge < -0.3 is 10.4 Å². The summed E-state index contributed by atoms with van der Waals surface area (Å²) in [6.45, 7) is 4.26. The highest BCUT2D eigenvalue weighted by atomic mass is 32.1. The maximum absolute atomic E-state index is 12.6. The Hall–Kier alpha value is -1.72. The minimum absolute atomic E-state index is 0.0122. The van der Waals surface area contributed by atoms with Gasteiger partial charge in [-0.15, -0.1) is 11.3 Å². The van der Waals surface area contributed by atoms with Gasteiger partial charge in [-0.05, 0) is 42.9 Å². The summed E-state index contributed by atoms with van der Waals surface area (Å²) >= 11 is 1.63. The highest BCUT2D eigenvalue weighted by molar-refractivity contribution is 7.10. The number of nitrogens with zero attached hydrogens (tertiary/aromatic N) is 1. The lowest BCUT2D eigenvalue weighted by molar-refractivity contribution is 0.0238. The van der Waals surface area contributed by atoms with E-state index >= 15 is 0 Å². The minimum Gasteiger partial charge on any atom is -0.393 e. The molecule has 1 amide bonds. The Kier molecular flexibility index (Phi) is 5.31. The molecule has 2 aromatic rings. The fraction of sp³-hybridized carbons (Fsp3) is 0.474. The molecule has 1 aliphatic carbocycles. The van der Waals surface area contributed by atoms with Crippen LogP contribution in [-0.2, 0) is 6.42 Å². The van der Waals surface area contributed by atoms with E-state index in [-0.39, 0.29) is 18.1 Å². The summed E-state index contributed by atoms with van der Waals surface area (Å²) in [5.41, 5.74) is 1.70. The third-order valence-corrected chi connectivity index (χ3v) is 5.87. The van der Waals surface area contributed by atoms with Crippen molar-refractivity contribution in [3.05, 3.63) is 52.0 Å². The van der Waals surface area contributed by atoms with Gasteiger partial charge in [0, 0.05) is 34.6 Å². The van der Waals surface area contributed by atoms with Crippen LogP contribution in [0.4, 0.5) is 0 Å². The molecule has 0 saturated heterocycles. The molecular formula is C19H24N2O2S. The standard InChI is InChI=1S/C19H24N2O2S/c1-12(2)18-9-14(11-24-18)19(23)21-17(13-7-16(22)8-13)10-15-5-3-4-6-20-15/h3-6,9,11-13,16-17,22H,7-8,10H2,1-2H3,(H,21,23). The van der Waals surface area contributed by atoms with Gasteiger partial charge in [0.15, 0.2) is 0 Å². The Morgan fingerprint density at radius 1 is 1.42 bits per heavy atom. The zero-order valence-corrected chi connectivity index (χ0v) is 14.9. The lowest BCUT2D eigenvalue weighted by atomic mass is 9.76. The number of aliphatic hydroxyl groups is 1. The first-order valence-electron chi connectivity index (χ1n) is 8.50. The molecule has 1 fully saturated rings. The highest BCUT2D eigenvalue weighted by Gasteiger charge is 2.35. The van der Waals surface area contributed by atoms with Crippen molar-refractivity contribution in [2.75, 3.05) is 0 Å². The van der Waals surface area contributed by atoms with E-state index in [1.54, 1.807) is 17.5 Å². The van der Waals surface area contributed by atoms with Gasteiger partial charge in [-0.2, -0.15) is 0 Å². The van der Waals surface area contributed by atoms with Gasteiger partial charge in [0.25, 0.3) is 5.91 Å². The van der Waals surface area contributed by atoms with Gasteiger partial charge in [-0.1, -0.05) is 19.9 Å². The van der Waals surface area contributed by atoms with Crippen LogP contribution in [0.25, 0.3) is 0 Å². The van der Waals surface area contributed by atoms with E-state index in [9.17, 15) is 9.90 Å². The monoisotopic (exact) mass is 344 g/mol. The number of aromatic nitrogens is 1. The normalized spacial score (nSPS) is 21.3. The maximum Gasteiger partial charge on any atom is 0.252 e. The van der Waals surface area contributed by atoms with E-state index in [2.05, 4.69) is 24.1 Å². The van der Waals surface area contributed by atoms with Crippen molar-refractivity contribution < 1.29 is 9.90 Å². The second-order valence-electron chi connectivity index (χ2n) is 6.88. The maximum atomic E-state index is 12.6. The summed E-state index contributed by atoms with van der Waals surface area (Å²) in [4.78, 5) is 18.2. The van der Waals surface area contributed by atoms with Crippen LogP contribution < -0.4 is 5.32 Å². The molecule has 2 aromatic heterocycles. The molecule has 1 unspecified atom stereocenters. The number of carbonyl (C=O) groups excluding carboxylic acids is 1. The van der Waals surface area contributed by atoms with Crippen molar-refractivity contribution in [2.24, 2.45) is 5.92 Å². The molecule has 0 aliphatic heterocycles. The van der Waals surface area contributed by atoms with E-state index in [1.165, 1.54) is 4.88 Å². The number of rotatable bonds is 6. The number of aliphatic hydroxyl groups excluding tert-OH is 1. The predicted octanol–water partition coefficient (Wildman–Crippen LogP) is 3.38. The lowest BCUT2D eigenvalue weighted by Crippen LogP contribution is -2.48. The smallest absolute Gasteiger partial charge is 0.252 e. The van der Waals surface area contributed by atoms with Gasteiger partial charge in [0.05, 0.1) is 11.7 Å². The van der Waals surface area contributed by atoms with Crippen LogP contribution in [0.2, 0.25) is 0 Å². The van der Waals surface area contributed by atoms with Crippen molar-refractivity contribution in [3.63, 3.8) is 0 Å². The summed E-state index contributed by atoms with van der Waals surface area (Å²) in [6.07, 6.45) is 3.74. The Balaban J connectivity index is 1.69. The molecule has 0 spiro atoms. The highest BCUT2D eigenvalue weighted by Crippen LogP contribution is 2.32. The Morgan fingerprint density at radius 2 is 2.21 bits per heavy atom. The Morgan fingerprint density at radius 3 is 2.79 bits per heavy atom. The van der Waals surface area contributed by atoms with E-state index < -0.39 is 0 Å². The van der Waals surface area contributed by atoms with Crippen LogP contribution in [-0.4, -0.2) is 28.1 Å². The van der Waals surface area contributed by atoms with Crippen molar-refractivity contribution in [1.82, 2.24) is 10.3 Å². The van der Waals surface area contributed by atoms with E-state index in [1.807, 2.05) is 29.6 Å². The van der Waals surface area contributed by atoms with Gasteiger partial charge >= 0.3 is 0 Å². The van der Waals surface area contributed by atoms with Crippen LogP contribution >= 0.6 is 11.3 Å². The molecule has 0 aromatic carbocycles. The number of hydrogen-bond acceptors (Lipinski definition) is 4. The third kappa shape index (κ3) is 4.02. The van der Waals surface area contributed by atoms with Crippen molar-refractivity contribution in [1.29, 1.82) is 0 Å².